The predicted octanol–water partition coefficient (Wildman–Crippen LogP) is 5.74. The van der Waals surface area contributed by atoms with Crippen LogP contribution in [0, 0.1) is 0 Å². The second-order valence-corrected chi connectivity index (χ2v) is 10.7. The van der Waals surface area contributed by atoms with E-state index in [1.54, 1.807) is 0 Å². The number of fused-ring (bicyclic) bond motifs is 1. The highest BCUT2D eigenvalue weighted by atomic mass is 16.2. The molecule has 0 N–H and O–H groups in total. The molecular formula is C33H35N5O. The SMILES string of the molecule is CC(Cc1ccccc1)n1cncc1Cn1cc(C(=O)N2CCN(C)CC2)c(-c2cccc3ccccc23)c1. The molecular weight excluding hydrogens is 482 g/mol. The molecule has 0 saturated carbocycles. The standard InChI is InChI=1S/C33H35N5O/c1-25(19-26-9-4-3-5-10-26)38-24-34-20-28(38)21-36-22-31(30-14-8-12-27-11-6-7-13-29(27)30)32(23-36)33(39)37-17-15-35(2)16-18-37/h3-14,20,22-25H,15-19,21H2,1-2H3. The maximum atomic E-state index is 13.9. The van der Waals surface area contributed by atoms with Crippen molar-refractivity contribution in [1.82, 2.24) is 23.9 Å². The van der Waals surface area contributed by atoms with Crippen molar-refractivity contribution in [3.05, 3.63) is 115 Å². The second-order valence-electron chi connectivity index (χ2n) is 10.7. The summed E-state index contributed by atoms with van der Waals surface area (Å²) in [5.74, 6) is 0.107. The smallest absolute Gasteiger partial charge is 0.256 e. The topological polar surface area (TPSA) is 46.3 Å². The summed E-state index contributed by atoms with van der Waals surface area (Å²) in [6.07, 6.45) is 8.99. The lowest BCUT2D eigenvalue weighted by molar-refractivity contribution is 0.0665. The molecule has 6 heteroatoms. The zero-order valence-corrected chi connectivity index (χ0v) is 22.7. The van der Waals surface area contributed by atoms with Crippen molar-refractivity contribution in [2.45, 2.75) is 25.9 Å². The van der Waals surface area contributed by atoms with Gasteiger partial charge >= 0.3 is 0 Å². The van der Waals surface area contributed by atoms with Gasteiger partial charge in [-0.2, -0.15) is 0 Å². The normalized spacial score (nSPS) is 15.1. The summed E-state index contributed by atoms with van der Waals surface area (Å²) in [5, 5.41) is 2.33. The van der Waals surface area contributed by atoms with Crippen LogP contribution in [0.5, 0.6) is 0 Å². The van der Waals surface area contributed by atoms with E-state index in [2.05, 4.69) is 112 Å². The quantitative estimate of drug-likeness (QED) is 0.276. The Balaban J connectivity index is 1.35. The van der Waals surface area contributed by atoms with Crippen LogP contribution in [-0.4, -0.2) is 63.1 Å². The van der Waals surface area contributed by atoms with Crippen molar-refractivity contribution >= 4 is 16.7 Å². The van der Waals surface area contributed by atoms with Crippen molar-refractivity contribution in [3.8, 4) is 11.1 Å². The third-order valence-corrected chi connectivity index (χ3v) is 7.92. The molecule has 1 unspecified atom stereocenters. The van der Waals surface area contributed by atoms with Crippen LogP contribution in [0.15, 0.2) is 97.7 Å². The van der Waals surface area contributed by atoms with Crippen LogP contribution in [0.2, 0.25) is 0 Å². The number of likely N-dealkylation sites (N-methyl/N-ethyl adjacent to an activating group) is 1. The lowest BCUT2D eigenvalue weighted by Gasteiger charge is -2.32. The molecule has 3 heterocycles. The zero-order valence-electron chi connectivity index (χ0n) is 22.7. The fourth-order valence-electron chi connectivity index (χ4n) is 5.72. The van der Waals surface area contributed by atoms with Crippen LogP contribution < -0.4 is 0 Å². The van der Waals surface area contributed by atoms with Gasteiger partial charge < -0.3 is 18.9 Å². The van der Waals surface area contributed by atoms with E-state index in [0.29, 0.717) is 6.54 Å². The van der Waals surface area contributed by atoms with Gasteiger partial charge in [-0.1, -0.05) is 72.8 Å². The minimum Gasteiger partial charge on any atom is -0.347 e. The summed E-state index contributed by atoms with van der Waals surface area (Å²) in [7, 11) is 2.11. The van der Waals surface area contributed by atoms with Crippen molar-refractivity contribution in [2.75, 3.05) is 33.2 Å². The van der Waals surface area contributed by atoms with E-state index in [4.69, 9.17) is 0 Å². The van der Waals surface area contributed by atoms with Gasteiger partial charge in [0.1, 0.15) is 0 Å². The number of hydrogen-bond donors (Lipinski definition) is 0. The number of hydrogen-bond acceptors (Lipinski definition) is 3. The number of aromatic nitrogens is 3. The van der Waals surface area contributed by atoms with Crippen LogP contribution in [0.1, 0.15) is 34.6 Å². The lowest BCUT2D eigenvalue weighted by atomic mass is 9.97. The van der Waals surface area contributed by atoms with Crippen molar-refractivity contribution in [1.29, 1.82) is 0 Å². The fourth-order valence-corrected chi connectivity index (χ4v) is 5.72. The van der Waals surface area contributed by atoms with E-state index in [1.165, 1.54) is 10.9 Å². The third kappa shape index (κ3) is 5.25. The Morgan fingerprint density at radius 1 is 0.872 bits per heavy atom. The Hall–Kier alpha value is -4.16. The summed E-state index contributed by atoms with van der Waals surface area (Å²) in [5.41, 5.74) is 5.27. The van der Waals surface area contributed by atoms with Gasteiger partial charge in [-0.15, -0.1) is 0 Å². The minimum absolute atomic E-state index is 0.107. The Kier molecular flexibility index (Phi) is 7.03. The molecule has 0 spiro atoms. The van der Waals surface area contributed by atoms with Crippen molar-refractivity contribution < 1.29 is 4.79 Å². The molecule has 0 bridgehead atoms. The van der Waals surface area contributed by atoms with Gasteiger partial charge in [0.2, 0.25) is 0 Å². The molecule has 39 heavy (non-hydrogen) atoms. The van der Waals surface area contributed by atoms with Crippen molar-refractivity contribution in [2.24, 2.45) is 0 Å². The Morgan fingerprint density at radius 3 is 2.44 bits per heavy atom. The van der Waals surface area contributed by atoms with Gasteiger partial charge in [-0.3, -0.25) is 4.79 Å². The maximum absolute atomic E-state index is 13.9. The highest BCUT2D eigenvalue weighted by Crippen LogP contribution is 2.33. The molecule has 3 aromatic carbocycles. The van der Waals surface area contributed by atoms with Gasteiger partial charge in [-0.25, -0.2) is 4.98 Å². The summed E-state index contributed by atoms with van der Waals surface area (Å²) in [6.45, 7) is 6.17. The first-order chi connectivity index (χ1) is 19.1. The molecule has 1 saturated heterocycles. The first-order valence-electron chi connectivity index (χ1n) is 13.8. The summed E-state index contributed by atoms with van der Waals surface area (Å²) >= 11 is 0. The monoisotopic (exact) mass is 517 g/mol. The summed E-state index contributed by atoms with van der Waals surface area (Å²) in [6, 6.07) is 25.6. The van der Waals surface area contributed by atoms with Gasteiger partial charge in [-0.05, 0) is 42.3 Å². The maximum Gasteiger partial charge on any atom is 0.256 e. The Labute approximate surface area is 230 Å². The number of carbonyl (C=O) groups is 1. The number of amides is 1. The average molecular weight is 518 g/mol. The fraction of sp³-hybridized carbons (Fsp3) is 0.273. The first kappa shape index (κ1) is 25.1. The van der Waals surface area contributed by atoms with Gasteiger partial charge in [0, 0.05) is 56.4 Å². The predicted molar refractivity (Wildman–Crippen MR) is 157 cm³/mol. The number of piperazine rings is 1. The minimum atomic E-state index is 0.107. The van der Waals surface area contributed by atoms with E-state index in [0.717, 1.165) is 60.4 Å². The first-order valence-corrected chi connectivity index (χ1v) is 13.8. The molecule has 2 aromatic heterocycles. The van der Waals surface area contributed by atoms with E-state index in [-0.39, 0.29) is 11.9 Å². The number of nitrogens with zero attached hydrogens (tertiary/aromatic N) is 5. The van der Waals surface area contributed by atoms with Crippen LogP contribution in [-0.2, 0) is 13.0 Å². The highest BCUT2D eigenvalue weighted by Gasteiger charge is 2.25. The number of imidazole rings is 1. The van der Waals surface area contributed by atoms with E-state index < -0.39 is 0 Å². The number of carbonyl (C=O) groups excluding carboxylic acids is 1. The molecule has 5 aromatic rings. The van der Waals surface area contributed by atoms with Gasteiger partial charge in [0.15, 0.2) is 0 Å². The van der Waals surface area contributed by atoms with Crippen molar-refractivity contribution in [3.63, 3.8) is 0 Å². The molecule has 6 rings (SSSR count). The lowest BCUT2D eigenvalue weighted by Crippen LogP contribution is -2.47. The summed E-state index contributed by atoms with van der Waals surface area (Å²) < 4.78 is 4.41. The average Bonchev–Trinajstić information content (AvgIpc) is 3.61. The van der Waals surface area contributed by atoms with Crippen LogP contribution >= 0.6 is 0 Å². The molecule has 1 aliphatic heterocycles. The van der Waals surface area contributed by atoms with E-state index in [1.807, 2.05) is 23.6 Å². The van der Waals surface area contributed by atoms with Crippen LogP contribution in [0.25, 0.3) is 21.9 Å². The molecule has 6 nitrogen and oxygen atoms in total. The number of rotatable bonds is 7. The molecule has 0 radical (unpaired) electrons. The van der Waals surface area contributed by atoms with E-state index >= 15 is 0 Å². The van der Waals surface area contributed by atoms with E-state index in [9.17, 15) is 4.79 Å². The Bertz CT molecular complexity index is 1570. The number of benzene rings is 3. The Morgan fingerprint density at radius 2 is 1.62 bits per heavy atom. The molecule has 1 aliphatic rings. The van der Waals surface area contributed by atoms with Gasteiger partial charge in [0.05, 0.1) is 24.1 Å². The molecule has 1 atom stereocenters. The molecule has 0 aliphatic carbocycles. The van der Waals surface area contributed by atoms with Crippen LogP contribution in [0.4, 0.5) is 0 Å². The third-order valence-electron chi connectivity index (χ3n) is 7.92. The largest absolute Gasteiger partial charge is 0.347 e. The molecule has 1 amide bonds. The highest BCUT2D eigenvalue weighted by molar-refractivity contribution is 6.06. The summed E-state index contributed by atoms with van der Waals surface area (Å²) in [4.78, 5) is 22.7. The molecule has 198 valence electrons. The second kappa shape index (κ2) is 10.9. The molecule has 1 fully saturated rings. The van der Waals surface area contributed by atoms with Gasteiger partial charge in [0.25, 0.3) is 5.91 Å². The zero-order chi connectivity index (χ0) is 26.8. The van der Waals surface area contributed by atoms with Crippen LogP contribution in [0.3, 0.4) is 0 Å².